The van der Waals surface area contributed by atoms with Gasteiger partial charge in [-0.05, 0) is 99.2 Å². The molecule has 0 atom stereocenters. The monoisotopic (exact) mass is 846 g/mol. The summed E-state index contributed by atoms with van der Waals surface area (Å²) in [6, 6.07) is 25.3. The number of fused-ring (bicyclic) bond motifs is 3. The van der Waals surface area contributed by atoms with E-state index in [4.69, 9.17) is 56.8 Å². The van der Waals surface area contributed by atoms with E-state index < -0.39 is 5.41 Å². The van der Waals surface area contributed by atoms with Crippen LogP contribution in [0.15, 0.2) is 72.8 Å². The molecule has 0 fully saturated rings. The van der Waals surface area contributed by atoms with Crippen LogP contribution >= 0.6 is 0 Å². The van der Waals surface area contributed by atoms with Crippen LogP contribution in [0.5, 0.6) is 34.5 Å². The lowest BCUT2D eigenvalue weighted by atomic mass is 9.67. The third kappa shape index (κ3) is 12.3. The Hall–Kier alpha value is -4.56. The molecule has 0 unspecified atom stereocenters. The van der Waals surface area contributed by atoms with Crippen molar-refractivity contribution in [2.24, 2.45) is 0 Å². The summed E-state index contributed by atoms with van der Waals surface area (Å²) in [6.45, 7) is 19.3. The van der Waals surface area contributed by atoms with E-state index in [1.807, 2.05) is 41.5 Å². The summed E-state index contributed by atoms with van der Waals surface area (Å²) in [6.07, 6.45) is 0. The van der Waals surface area contributed by atoms with E-state index in [0.29, 0.717) is 153 Å². The van der Waals surface area contributed by atoms with Crippen molar-refractivity contribution in [3.05, 3.63) is 95.1 Å². The van der Waals surface area contributed by atoms with Gasteiger partial charge in [-0.25, -0.2) is 0 Å². The van der Waals surface area contributed by atoms with E-state index in [0.717, 1.165) is 33.4 Å². The molecule has 0 aromatic heterocycles. The zero-order valence-electron chi connectivity index (χ0n) is 37.1. The second-order valence-corrected chi connectivity index (χ2v) is 13.7. The molecular weight excluding hydrogens is 781 g/mol. The Morgan fingerprint density at radius 1 is 0.328 bits per heavy atom. The van der Waals surface area contributed by atoms with Gasteiger partial charge in [0, 0.05) is 39.6 Å². The van der Waals surface area contributed by atoms with Crippen molar-refractivity contribution in [3.8, 4) is 45.6 Å². The molecule has 0 aliphatic heterocycles. The molecule has 0 N–H and O–H groups in total. The minimum atomic E-state index is -0.951. The Kier molecular flexibility index (Phi) is 20.3. The van der Waals surface area contributed by atoms with Gasteiger partial charge in [0.05, 0.1) is 45.1 Å². The molecule has 1 aliphatic rings. The normalized spacial score (nSPS) is 12.5. The molecule has 0 saturated heterocycles. The molecule has 0 saturated carbocycles. The van der Waals surface area contributed by atoms with Gasteiger partial charge in [0.1, 0.15) is 39.6 Å². The van der Waals surface area contributed by atoms with Gasteiger partial charge in [-0.2, -0.15) is 0 Å². The molecule has 4 aromatic rings. The summed E-state index contributed by atoms with van der Waals surface area (Å²) in [5.74, 6) is 3.00. The van der Waals surface area contributed by atoms with Crippen molar-refractivity contribution < 1.29 is 56.8 Å². The fourth-order valence-corrected chi connectivity index (χ4v) is 7.44. The highest BCUT2D eigenvalue weighted by Crippen LogP contribution is 2.59. The summed E-state index contributed by atoms with van der Waals surface area (Å²) < 4.78 is 73.5. The quantitative estimate of drug-likeness (QED) is 0.0387. The molecule has 0 amide bonds. The summed E-state index contributed by atoms with van der Waals surface area (Å²) >= 11 is 0. The molecule has 0 radical (unpaired) electrons. The van der Waals surface area contributed by atoms with Gasteiger partial charge in [-0.15, -0.1) is 0 Å². The molecule has 334 valence electrons. The fourth-order valence-electron chi connectivity index (χ4n) is 7.44. The van der Waals surface area contributed by atoms with E-state index in [1.54, 1.807) is 0 Å². The smallest absolute Gasteiger partial charge is 0.203 e. The molecule has 0 spiro atoms. The zero-order valence-corrected chi connectivity index (χ0v) is 37.1. The number of hydrogen-bond acceptors (Lipinski definition) is 12. The Morgan fingerprint density at radius 3 is 0.869 bits per heavy atom. The third-order valence-corrected chi connectivity index (χ3v) is 9.97. The zero-order chi connectivity index (χ0) is 43.1. The van der Waals surface area contributed by atoms with Crippen LogP contribution in [0, 0.1) is 0 Å². The summed E-state index contributed by atoms with van der Waals surface area (Å²) in [7, 11) is 0. The SMILES string of the molecule is CCOCCOc1cc(C2(c3cc(OCCOCC)c(OCCOCC)c(OCCOCC)c3)c3ccccc3-c3ccccc32)cc(OCCOCC)c1OCCOCC. The largest absolute Gasteiger partial charge is 0.487 e. The number of rotatable bonds is 32. The van der Waals surface area contributed by atoms with Gasteiger partial charge in [0.25, 0.3) is 0 Å². The Bertz CT molecular complexity index is 1680. The molecule has 12 heteroatoms. The molecule has 12 nitrogen and oxygen atoms in total. The average Bonchev–Trinajstić information content (AvgIpc) is 3.59. The average molecular weight is 847 g/mol. The van der Waals surface area contributed by atoms with E-state index in [1.165, 1.54) is 0 Å². The van der Waals surface area contributed by atoms with Crippen molar-refractivity contribution >= 4 is 0 Å². The lowest BCUT2D eigenvalue weighted by Gasteiger charge is -2.35. The standard InChI is InChI=1S/C49H66O12/c1-7-50-21-27-56-43-33-37(34-44(57-28-22-51-8-2)47(43)60-31-25-54-11-5)49(41-19-15-13-17-39(41)40-18-14-16-20-42(40)49)38-35-45(58-29-23-52-9-3)48(61-32-26-55-12-6)46(36-38)59-30-24-53-10-4/h13-20,33-36H,7-12,21-32H2,1-6H3. The van der Waals surface area contributed by atoms with Crippen LogP contribution in [-0.2, 0) is 33.8 Å². The van der Waals surface area contributed by atoms with Gasteiger partial charge < -0.3 is 56.8 Å². The van der Waals surface area contributed by atoms with Crippen molar-refractivity contribution in [1.82, 2.24) is 0 Å². The van der Waals surface area contributed by atoms with Gasteiger partial charge in [-0.3, -0.25) is 0 Å². The first-order valence-electron chi connectivity index (χ1n) is 21.9. The summed E-state index contributed by atoms with van der Waals surface area (Å²) in [5, 5.41) is 0. The lowest BCUT2D eigenvalue weighted by molar-refractivity contribution is 0.0933. The van der Waals surface area contributed by atoms with Crippen molar-refractivity contribution in [2.75, 3.05) is 119 Å². The minimum Gasteiger partial charge on any atom is -0.487 e. The highest BCUT2D eigenvalue weighted by Gasteiger charge is 2.48. The molecule has 4 aromatic carbocycles. The molecule has 5 rings (SSSR count). The van der Waals surface area contributed by atoms with Gasteiger partial charge in [0.15, 0.2) is 23.0 Å². The van der Waals surface area contributed by atoms with Crippen LogP contribution < -0.4 is 28.4 Å². The highest BCUT2D eigenvalue weighted by molar-refractivity contribution is 5.87. The van der Waals surface area contributed by atoms with Crippen LogP contribution in [-0.4, -0.2) is 119 Å². The first-order valence-corrected chi connectivity index (χ1v) is 21.9. The number of benzene rings is 4. The lowest BCUT2D eigenvalue weighted by Crippen LogP contribution is -2.29. The predicted molar refractivity (Wildman–Crippen MR) is 236 cm³/mol. The third-order valence-electron chi connectivity index (χ3n) is 9.97. The second kappa shape index (κ2) is 26.0. The van der Waals surface area contributed by atoms with E-state index >= 15 is 0 Å². The van der Waals surface area contributed by atoms with Gasteiger partial charge in [-0.1, -0.05) is 48.5 Å². The molecule has 0 heterocycles. The minimum absolute atomic E-state index is 0.293. The maximum atomic E-state index is 6.59. The van der Waals surface area contributed by atoms with E-state index in [2.05, 4.69) is 72.8 Å². The Balaban J connectivity index is 1.83. The molecule has 1 aliphatic carbocycles. The van der Waals surface area contributed by atoms with Crippen LogP contribution in [0.4, 0.5) is 0 Å². The second-order valence-electron chi connectivity index (χ2n) is 13.7. The first kappa shape index (κ1) is 47.5. The highest BCUT2D eigenvalue weighted by atomic mass is 16.6. The molecular formula is C49H66O12. The summed E-state index contributed by atoms with van der Waals surface area (Å²) in [5.41, 5.74) is 5.13. The Morgan fingerprint density at radius 2 is 0.590 bits per heavy atom. The number of hydrogen-bond donors (Lipinski definition) is 0. The van der Waals surface area contributed by atoms with Crippen LogP contribution in [0.25, 0.3) is 11.1 Å². The summed E-state index contributed by atoms with van der Waals surface area (Å²) in [4.78, 5) is 0. The van der Waals surface area contributed by atoms with Crippen LogP contribution in [0.1, 0.15) is 63.8 Å². The fraction of sp³-hybridized carbons (Fsp3) is 0.510. The topological polar surface area (TPSA) is 111 Å². The maximum absolute atomic E-state index is 6.59. The van der Waals surface area contributed by atoms with Gasteiger partial charge in [0.2, 0.25) is 11.5 Å². The van der Waals surface area contributed by atoms with E-state index in [-0.39, 0.29) is 0 Å². The van der Waals surface area contributed by atoms with Crippen molar-refractivity contribution in [2.45, 2.75) is 47.0 Å². The van der Waals surface area contributed by atoms with Crippen molar-refractivity contribution in [3.63, 3.8) is 0 Å². The predicted octanol–water partition coefficient (Wildman–Crippen LogP) is 8.54. The maximum Gasteiger partial charge on any atom is 0.203 e. The Labute approximate surface area is 362 Å². The number of ether oxygens (including phenoxy) is 12. The van der Waals surface area contributed by atoms with Crippen LogP contribution in [0.2, 0.25) is 0 Å². The first-order chi connectivity index (χ1) is 30.1. The molecule has 0 bridgehead atoms. The van der Waals surface area contributed by atoms with Crippen molar-refractivity contribution in [1.29, 1.82) is 0 Å². The van der Waals surface area contributed by atoms with Crippen LogP contribution in [0.3, 0.4) is 0 Å². The van der Waals surface area contributed by atoms with Gasteiger partial charge >= 0.3 is 0 Å². The molecule has 61 heavy (non-hydrogen) atoms. The van der Waals surface area contributed by atoms with E-state index in [9.17, 15) is 0 Å².